The summed E-state index contributed by atoms with van der Waals surface area (Å²) >= 11 is 0. The molecule has 1 N–H and O–H groups in total. The highest BCUT2D eigenvalue weighted by Gasteiger charge is 2.49. The Morgan fingerprint density at radius 1 is 1.22 bits per heavy atom. The first-order valence-corrected chi connectivity index (χ1v) is 12.6. The van der Waals surface area contributed by atoms with Crippen molar-refractivity contribution in [2.24, 2.45) is 5.41 Å². The zero-order valence-corrected chi connectivity index (χ0v) is 20.7. The van der Waals surface area contributed by atoms with Gasteiger partial charge in [0.25, 0.3) is 5.91 Å². The molecule has 0 radical (unpaired) electrons. The maximum absolute atomic E-state index is 12.8. The molecule has 4 fully saturated rings. The van der Waals surface area contributed by atoms with E-state index in [1.54, 1.807) is 4.90 Å². The number of anilines is 2. The minimum absolute atomic E-state index is 0.0543. The molecule has 1 spiro atoms. The van der Waals surface area contributed by atoms with Crippen LogP contribution in [0.25, 0.3) is 0 Å². The minimum Gasteiger partial charge on any atom is -0.462 e. The molecule has 0 saturated carbocycles. The highest BCUT2D eigenvalue weighted by molar-refractivity contribution is 5.98. The monoisotopic (exact) mass is 495 g/mol. The van der Waals surface area contributed by atoms with Crippen LogP contribution in [0.1, 0.15) is 37.7 Å². The molecule has 0 aliphatic carbocycles. The Morgan fingerprint density at radius 2 is 1.97 bits per heavy atom. The summed E-state index contributed by atoms with van der Waals surface area (Å²) < 4.78 is 6.04. The van der Waals surface area contributed by atoms with E-state index >= 15 is 0 Å². The average molecular weight is 496 g/mol. The Balaban J connectivity index is 1.44. The number of hydrogen-bond acceptors (Lipinski definition) is 9. The first-order chi connectivity index (χ1) is 17.3. The number of carbonyl (C=O) groups excluding carboxylic acids is 2. The summed E-state index contributed by atoms with van der Waals surface area (Å²) in [5.74, 6) is 0.102. The van der Waals surface area contributed by atoms with Gasteiger partial charge in [-0.3, -0.25) is 14.5 Å². The second kappa shape index (κ2) is 9.67. The summed E-state index contributed by atoms with van der Waals surface area (Å²) in [7, 11) is 2.06. The van der Waals surface area contributed by atoms with Crippen LogP contribution in [0, 0.1) is 16.7 Å². The lowest BCUT2D eigenvalue weighted by Crippen LogP contribution is -2.59. The van der Waals surface area contributed by atoms with Crippen molar-refractivity contribution in [1.29, 1.82) is 5.26 Å². The third-order valence-electron chi connectivity index (χ3n) is 7.98. The number of hydrogen-bond donors (Lipinski definition) is 1. The van der Waals surface area contributed by atoms with Gasteiger partial charge in [-0.1, -0.05) is 6.58 Å². The van der Waals surface area contributed by atoms with Crippen molar-refractivity contribution in [1.82, 2.24) is 19.8 Å². The summed E-state index contributed by atoms with van der Waals surface area (Å²) in [5, 5.41) is 20.3. The summed E-state index contributed by atoms with van der Waals surface area (Å²) in [4.78, 5) is 41.4. The normalized spacial score (nSPS) is 25.7. The number of rotatable bonds is 6. The van der Waals surface area contributed by atoms with Crippen LogP contribution in [0.2, 0.25) is 0 Å². The van der Waals surface area contributed by atoms with Crippen LogP contribution in [-0.2, 0) is 9.59 Å². The second-order valence-electron chi connectivity index (χ2n) is 10.4. The molecule has 192 valence electrons. The Bertz CT molecular complexity index is 1100. The number of aliphatic hydroxyl groups is 1. The molecule has 1 aromatic rings. The molecule has 0 bridgehead atoms. The van der Waals surface area contributed by atoms with E-state index < -0.39 is 12.0 Å². The van der Waals surface area contributed by atoms with Crippen LogP contribution in [0.5, 0.6) is 6.01 Å². The molecule has 5 rings (SSSR count). The topological polar surface area (TPSA) is 126 Å². The second-order valence-corrected chi connectivity index (χ2v) is 10.4. The van der Waals surface area contributed by atoms with Crippen molar-refractivity contribution in [3.63, 3.8) is 0 Å². The van der Waals surface area contributed by atoms with Crippen LogP contribution in [0.4, 0.5) is 11.6 Å². The van der Waals surface area contributed by atoms with Crippen molar-refractivity contribution >= 4 is 23.5 Å². The van der Waals surface area contributed by atoms with Crippen LogP contribution in [0.3, 0.4) is 0 Å². The van der Waals surface area contributed by atoms with E-state index in [1.165, 1.54) is 11.0 Å². The van der Waals surface area contributed by atoms with Gasteiger partial charge in [0.2, 0.25) is 5.91 Å². The number of ether oxygens (including phenoxy) is 1. The van der Waals surface area contributed by atoms with E-state index in [1.807, 2.05) is 4.90 Å². The lowest BCUT2D eigenvalue weighted by molar-refractivity contribution is -0.136. The Labute approximate surface area is 210 Å². The van der Waals surface area contributed by atoms with Crippen LogP contribution >= 0.6 is 0 Å². The largest absolute Gasteiger partial charge is 0.462 e. The van der Waals surface area contributed by atoms with Crippen LogP contribution in [-0.4, -0.2) is 102 Å². The predicted molar refractivity (Wildman–Crippen MR) is 132 cm³/mol. The molecule has 4 aliphatic rings. The van der Waals surface area contributed by atoms with E-state index in [-0.39, 0.29) is 34.8 Å². The number of aliphatic hydroxyl groups excluding tert-OH is 1. The zero-order valence-electron chi connectivity index (χ0n) is 20.7. The van der Waals surface area contributed by atoms with E-state index in [0.29, 0.717) is 58.0 Å². The molecular weight excluding hydrogens is 462 g/mol. The van der Waals surface area contributed by atoms with Gasteiger partial charge in [-0.25, -0.2) is 0 Å². The lowest BCUT2D eigenvalue weighted by atomic mass is 9.79. The highest BCUT2D eigenvalue weighted by Crippen LogP contribution is 2.43. The first-order valence-electron chi connectivity index (χ1n) is 12.6. The summed E-state index contributed by atoms with van der Waals surface area (Å²) in [6.07, 6.45) is 4.22. The van der Waals surface area contributed by atoms with Crippen molar-refractivity contribution in [3.05, 3.63) is 18.2 Å². The van der Waals surface area contributed by atoms with Gasteiger partial charge in [0, 0.05) is 44.2 Å². The number of carbonyl (C=O) groups is 2. The maximum Gasteiger partial charge on any atom is 0.320 e. The van der Waals surface area contributed by atoms with E-state index in [4.69, 9.17) is 4.74 Å². The fourth-order valence-corrected chi connectivity index (χ4v) is 5.86. The third-order valence-corrected chi connectivity index (χ3v) is 7.98. The van der Waals surface area contributed by atoms with Crippen molar-refractivity contribution < 1.29 is 19.4 Å². The molecule has 36 heavy (non-hydrogen) atoms. The lowest BCUT2D eigenvalue weighted by Gasteiger charge is -2.47. The van der Waals surface area contributed by atoms with Gasteiger partial charge >= 0.3 is 6.01 Å². The summed E-state index contributed by atoms with van der Waals surface area (Å²) in [5.41, 5.74) is 0.152. The van der Waals surface area contributed by atoms with E-state index in [0.717, 1.165) is 25.8 Å². The molecule has 1 aromatic heterocycles. The molecular formula is C25H33N7O4. The van der Waals surface area contributed by atoms with E-state index in [2.05, 4.69) is 34.6 Å². The Hall–Kier alpha value is -3.23. The number of likely N-dealkylation sites (tertiary alicyclic amines) is 2. The fourth-order valence-electron chi connectivity index (χ4n) is 5.86. The first kappa shape index (κ1) is 24.5. The van der Waals surface area contributed by atoms with Crippen molar-refractivity contribution in [3.8, 4) is 12.1 Å². The molecule has 11 heteroatoms. The third kappa shape index (κ3) is 4.40. The number of amides is 2. The summed E-state index contributed by atoms with van der Waals surface area (Å²) in [6.45, 7) is 7.96. The standard InChI is InChI=1S/C25H33N7O4/c1-3-20(34)31-15-25(16-31)8-11-30(14-25)21-18(12-26)22(32-10-5-7-19(33)23(32)35)28-24(27-21)36-13-17-6-4-9-29(17)2/h3,17,19,33H,1,4-11,13-16H2,2H3. The number of piperidine rings is 1. The fraction of sp³-hybridized carbons (Fsp3) is 0.640. The molecule has 4 aliphatic heterocycles. The molecule has 2 unspecified atom stereocenters. The number of aromatic nitrogens is 2. The SMILES string of the molecule is C=CC(=O)N1CC2(CCN(c3nc(OCC4CCCN4C)nc(N4CCCC(O)C4=O)c3C#N)C2)C1. The van der Waals surface area contributed by atoms with Gasteiger partial charge in [-0.05, 0) is 51.8 Å². The Morgan fingerprint density at radius 3 is 2.67 bits per heavy atom. The smallest absolute Gasteiger partial charge is 0.320 e. The molecule has 2 atom stereocenters. The van der Waals surface area contributed by atoms with Gasteiger partial charge in [-0.15, -0.1) is 0 Å². The highest BCUT2D eigenvalue weighted by atomic mass is 16.5. The van der Waals surface area contributed by atoms with Gasteiger partial charge in [0.05, 0.1) is 0 Å². The summed E-state index contributed by atoms with van der Waals surface area (Å²) in [6, 6.07) is 2.61. The van der Waals surface area contributed by atoms with Crippen molar-refractivity contribution in [2.75, 3.05) is 62.7 Å². The number of likely N-dealkylation sites (N-methyl/N-ethyl adjacent to an activating group) is 1. The number of nitriles is 1. The van der Waals surface area contributed by atoms with Crippen LogP contribution in [0.15, 0.2) is 12.7 Å². The molecule has 4 saturated heterocycles. The maximum atomic E-state index is 12.8. The molecule has 2 amide bonds. The van der Waals surface area contributed by atoms with Gasteiger partial charge in [0.15, 0.2) is 11.6 Å². The molecule has 0 aromatic carbocycles. The van der Waals surface area contributed by atoms with Crippen molar-refractivity contribution in [2.45, 2.75) is 44.2 Å². The van der Waals surface area contributed by atoms with Gasteiger partial charge < -0.3 is 24.5 Å². The van der Waals surface area contributed by atoms with Gasteiger partial charge in [0.1, 0.15) is 24.3 Å². The minimum atomic E-state index is -1.11. The van der Waals surface area contributed by atoms with Gasteiger partial charge in [-0.2, -0.15) is 15.2 Å². The van der Waals surface area contributed by atoms with Crippen LogP contribution < -0.4 is 14.5 Å². The number of nitrogens with zero attached hydrogens (tertiary/aromatic N) is 7. The zero-order chi connectivity index (χ0) is 25.4. The van der Waals surface area contributed by atoms with E-state index in [9.17, 15) is 20.0 Å². The quantitative estimate of drug-likeness (QED) is 0.563. The molecule has 11 nitrogen and oxygen atoms in total. The Kier molecular flexibility index (Phi) is 6.57. The molecule has 5 heterocycles. The predicted octanol–water partition coefficient (Wildman–Crippen LogP) is 0.534. The average Bonchev–Trinajstić information content (AvgIpc) is 3.49.